The molecule has 6 rings (SSSR count). The standard InChI is InChI=1S/C45H67ClN3O7PSi2/c1-43(2,3)28-57(50,56-44(4,5)6)33-21-19-31(20-22-33)30-15-17-32(18-16-30)38-34(46)25-35-41(47-38)48-42(49(35)29-51-23-24-58(10,11)12)54-36-26-52-40-37(27-53-39(36)40)55-59(13,14)45(7,8)9/h15-22,25,36-37,39-40H,23-24,26-29H2,1-14H3/t36?,37-,39-,40-,57?/m1/s1. The molecule has 4 heterocycles. The number of nitrogens with zero attached hydrogens (tertiary/aromatic N) is 3. The molecule has 2 aromatic heterocycles. The van der Waals surface area contributed by atoms with Crippen LogP contribution in [0.5, 0.6) is 6.01 Å². The number of benzene rings is 2. The highest BCUT2D eigenvalue weighted by Crippen LogP contribution is 2.53. The topological polar surface area (TPSA) is 103 Å². The maximum absolute atomic E-state index is 14.3. The molecule has 59 heavy (non-hydrogen) atoms. The maximum Gasteiger partial charge on any atom is 0.301 e. The first-order valence-electron chi connectivity index (χ1n) is 21.0. The smallest absolute Gasteiger partial charge is 0.301 e. The summed E-state index contributed by atoms with van der Waals surface area (Å²) in [6.45, 7) is 32.1. The van der Waals surface area contributed by atoms with Crippen molar-refractivity contribution in [2.45, 2.75) is 143 Å². The minimum Gasteiger partial charge on any atom is -0.456 e. The Bertz CT molecular complexity index is 2110. The van der Waals surface area contributed by atoms with Crippen molar-refractivity contribution in [3.05, 3.63) is 59.6 Å². The number of rotatable bonds is 14. The number of imidazole rings is 1. The molecule has 2 aromatic carbocycles. The van der Waals surface area contributed by atoms with Gasteiger partial charge in [0, 0.05) is 31.7 Å². The van der Waals surface area contributed by atoms with E-state index in [4.69, 9.17) is 49.5 Å². The fraction of sp³-hybridized carbons (Fsp3) is 0.600. The molecule has 0 amide bonds. The van der Waals surface area contributed by atoms with Crippen LogP contribution in [0.15, 0.2) is 54.6 Å². The highest BCUT2D eigenvalue weighted by Gasteiger charge is 2.52. The van der Waals surface area contributed by atoms with Gasteiger partial charge in [-0.3, -0.25) is 9.13 Å². The number of halogens is 1. The van der Waals surface area contributed by atoms with E-state index in [1.165, 1.54) is 0 Å². The summed E-state index contributed by atoms with van der Waals surface area (Å²) in [4.78, 5) is 9.92. The summed E-state index contributed by atoms with van der Waals surface area (Å²) in [5, 5.41) is 1.29. The molecule has 2 unspecified atom stereocenters. The molecule has 0 bridgehead atoms. The molecule has 14 heteroatoms. The van der Waals surface area contributed by atoms with Crippen LogP contribution in [0.25, 0.3) is 33.5 Å². The zero-order valence-corrected chi connectivity index (χ0v) is 41.4. The molecule has 4 aromatic rings. The lowest BCUT2D eigenvalue weighted by Gasteiger charge is -2.39. The number of fused-ring (bicyclic) bond motifs is 2. The lowest BCUT2D eigenvalue weighted by atomic mass is 10.0. The van der Waals surface area contributed by atoms with Crippen molar-refractivity contribution in [2.24, 2.45) is 5.41 Å². The van der Waals surface area contributed by atoms with Crippen molar-refractivity contribution in [1.82, 2.24) is 14.5 Å². The van der Waals surface area contributed by atoms with Crippen LogP contribution in [0, 0.1) is 5.41 Å². The SMILES string of the molecule is CC(C)(C)CP(=O)(OC(C)(C)C)c1ccc(-c2ccc(-c3nc4nc(OC5CO[C@H]6[C@@H]5OC[C@H]6O[Si](C)(C)C(C)(C)C)n(COCC[Si](C)(C)C)c4cc3Cl)cc2)cc1. The lowest BCUT2D eigenvalue weighted by Crippen LogP contribution is -2.47. The number of pyridine rings is 1. The van der Waals surface area contributed by atoms with Crippen molar-refractivity contribution in [3.63, 3.8) is 0 Å². The second kappa shape index (κ2) is 17.1. The van der Waals surface area contributed by atoms with Gasteiger partial charge in [-0.05, 0) is 79.7 Å². The summed E-state index contributed by atoms with van der Waals surface area (Å²) in [5.74, 6) is 0. The van der Waals surface area contributed by atoms with Crippen molar-refractivity contribution < 1.29 is 32.5 Å². The average molecular weight is 885 g/mol. The van der Waals surface area contributed by atoms with Crippen molar-refractivity contribution in [3.8, 4) is 28.4 Å². The van der Waals surface area contributed by atoms with E-state index in [2.05, 4.69) is 74.3 Å². The van der Waals surface area contributed by atoms with Gasteiger partial charge in [0.15, 0.2) is 20.1 Å². The molecule has 324 valence electrons. The van der Waals surface area contributed by atoms with E-state index >= 15 is 0 Å². The third-order valence-corrected chi connectivity index (χ3v) is 21.0. The van der Waals surface area contributed by atoms with Gasteiger partial charge in [0.2, 0.25) is 7.37 Å². The molecule has 10 nitrogen and oxygen atoms in total. The van der Waals surface area contributed by atoms with Gasteiger partial charge in [-0.25, -0.2) is 4.98 Å². The van der Waals surface area contributed by atoms with Crippen LogP contribution in [0.4, 0.5) is 0 Å². The summed E-state index contributed by atoms with van der Waals surface area (Å²) in [6, 6.07) is 19.3. The molecule has 0 spiro atoms. The van der Waals surface area contributed by atoms with Crippen LogP contribution in [-0.4, -0.2) is 86.9 Å². The predicted molar refractivity (Wildman–Crippen MR) is 246 cm³/mol. The monoisotopic (exact) mass is 883 g/mol. The van der Waals surface area contributed by atoms with E-state index in [9.17, 15) is 4.57 Å². The van der Waals surface area contributed by atoms with E-state index < -0.39 is 29.4 Å². The number of ether oxygens (including phenoxy) is 4. The molecule has 2 saturated heterocycles. The van der Waals surface area contributed by atoms with E-state index in [1.54, 1.807) is 0 Å². The summed E-state index contributed by atoms with van der Waals surface area (Å²) < 4.78 is 54.7. The van der Waals surface area contributed by atoms with Crippen LogP contribution in [-0.2, 0) is 34.5 Å². The fourth-order valence-electron chi connectivity index (χ4n) is 7.22. The minimum absolute atomic E-state index is 0.0731. The molecule has 2 fully saturated rings. The Morgan fingerprint density at radius 2 is 1.37 bits per heavy atom. The molecule has 0 aliphatic carbocycles. The maximum atomic E-state index is 14.3. The Kier molecular flexibility index (Phi) is 13.3. The Hall–Kier alpha value is -2.39. The normalized spacial score (nSPS) is 21.5. The Morgan fingerprint density at radius 1 is 0.814 bits per heavy atom. The molecule has 0 saturated carbocycles. The van der Waals surface area contributed by atoms with Crippen LogP contribution in [0.1, 0.15) is 62.3 Å². The Balaban J connectivity index is 1.24. The van der Waals surface area contributed by atoms with E-state index in [-0.39, 0.29) is 41.6 Å². The van der Waals surface area contributed by atoms with E-state index in [1.807, 2.05) is 79.9 Å². The van der Waals surface area contributed by atoms with Crippen LogP contribution >= 0.6 is 19.0 Å². The molecule has 2 aliphatic heterocycles. The van der Waals surface area contributed by atoms with Gasteiger partial charge < -0.3 is 27.9 Å². The first-order chi connectivity index (χ1) is 27.2. The molecular weight excluding hydrogens is 817 g/mol. The quantitative estimate of drug-likeness (QED) is 0.0695. The third-order valence-electron chi connectivity index (χ3n) is 11.2. The van der Waals surface area contributed by atoms with Gasteiger partial charge in [0.05, 0.1) is 41.2 Å². The Labute approximate surface area is 359 Å². The molecule has 2 aliphatic rings. The van der Waals surface area contributed by atoms with Gasteiger partial charge in [0.25, 0.3) is 0 Å². The minimum atomic E-state index is -3.11. The Morgan fingerprint density at radius 3 is 1.93 bits per heavy atom. The van der Waals surface area contributed by atoms with Crippen molar-refractivity contribution >= 4 is 51.8 Å². The second-order valence-corrected chi connectivity index (χ2v) is 34.4. The molecule has 5 atom stereocenters. The summed E-state index contributed by atoms with van der Waals surface area (Å²) in [5.41, 5.74) is 4.02. The lowest BCUT2D eigenvalue weighted by molar-refractivity contribution is 0.00691. The van der Waals surface area contributed by atoms with E-state index in [0.717, 1.165) is 33.6 Å². The van der Waals surface area contributed by atoms with Crippen LogP contribution < -0.4 is 10.0 Å². The number of hydrogen-bond donors (Lipinski definition) is 0. The first-order valence-corrected chi connectivity index (χ1v) is 29.8. The zero-order chi connectivity index (χ0) is 43.3. The van der Waals surface area contributed by atoms with Crippen molar-refractivity contribution in [2.75, 3.05) is 26.0 Å². The largest absolute Gasteiger partial charge is 0.456 e. The summed E-state index contributed by atoms with van der Waals surface area (Å²) >= 11 is 7.02. The summed E-state index contributed by atoms with van der Waals surface area (Å²) in [7, 11) is -6.45. The van der Waals surface area contributed by atoms with Gasteiger partial charge in [0.1, 0.15) is 18.9 Å². The molecular formula is C45H67ClN3O7PSi2. The van der Waals surface area contributed by atoms with Gasteiger partial charge in [-0.1, -0.05) is 109 Å². The summed E-state index contributed by atoms with van der Waals surface area (Å²) in [6.07, 6.45) is -0.551. The number of hydrogen-bond acceptors (Lipinski definition) is 9. The number of aromatic nitrogens is 3. The van der Waals surface area contributed by atoms with Gasteiger partial charge in [-0.15, -0.1) is 0 Å². The van der Waals surface area contributed by atoms with Gasteiger partial charge in [-0.2, -0.15) is 4.98 Å². The molecule has 0 N–H and O–H groups in total. The second-order valence-electron chi connectivity index (χ2n) is 21.2. The average Bonchev–Trinajstić information content (AvgIpc) is 3.78. The van der Waals surface area contributed by atoms with Gasteiger partial charge >= 0.3 is 6.01 Å². The van der Waals surface area contributed by atoms with Crippen LogP contribution in [0.2, 0.25) is 48.8 Å². The van der Waals surface area contributed by atoms with Crippen molar-refractivity contribution in [1.29, 1.82) is 0 Å². The predicted octanol–water partition coefficient (Wildman–Crippen LogP) is 11.4. The van der Waals surface area contributed by atoms with E-state index in [0.29, 0.717) is 48.4 Å². The zero-order valence-electron chi connectivity index (χ0n) is 37.8. The highest BCUT2D eigenvalue weighted by atomic mass is 35.5. The fourth-order valence-corrected chi connectivity index (χ4v) is 12.6. The van der Waals surface area contributed by atoms with Crippen LogP contribution in [0.3, 0.4) is 0 Å². The molecule has 0 radical (unpaired) electrons. The third kappa shape index (κ3) is 11.2. The highest BCUT2D eigenvalue weighted by molar-refractivity contribution is 7.67. The first kappa shape index (κ1) is 46.1.